The van der Waals surface area contributed by atoms with E-state index in [1.807, 2.05) is 24.3 Å². The van der Waals surface area contributed by atoms with Crippen LogP contribution in [0.4, 0.5) is 0 Å². The molecule has 0 aliphatic carbocycles. The molecule has 0 saturated heterocycles. The zero-order chi connectivity index (χ0) is 7.68. The smallest absolute Gasteiger partial charge is 0.107 e. The summed E-state index contributed by atoms with van der Waals surface area (Å²) in [5, 5.41) is 8.88. The molecule has 11 heavy (non-hydrogen) atoms. The first-order chi connectivity index (χ1) is 5.38. The predicted octanol–water partition coefficient (Wildman–Crippen LogP) is 2.39. The van der Waals surface area contributed by atoms with Crippen molar-refractivity contribution in [1.82, 2.24) is 10.2 Å². The van der Waals surface area contributed by atoms with E-state index in [0.29, 0.717) is 0 Å². The van der Waals surface area contributed by atoms with Gasteiger partial charge in [0.25, 0.3) is 0 Å². The molecule has 1 heterocycles. The highest BCUT2D eigenvalue weighted by Crippen LogP contribution is 2.19. The van der Waals surface area contributed by atoms with Crippen LogP contribution in [0.5, 0.6) is 0 Å². The summed E-state index contributed by atoms with van der Waals surface area (Å²) < 4.78 is 0.989. The van der Waals surface area contributed by atoms with Crippen LogP contribution in [0.25, 0.3) is 10.9 Å². The minimum Gasteiger partial charge on any atom is -0.158 e. The Morgan fingerprint density at radius 2 is 2.09 bits per heavy atom. The van der Waals surface area contributed by atoms with Crippen LogP contribution in [0, 0.1) is 0 Å². The highest BCUT2D eigenvalue weighted by molar-refractivity contribution is 9.10. The van der Waals surface area contributed by atoms with Crippen molar-refractivity contribution < 1.29 is 0 Å². The highest BCUT2D eigenvalue weighted by Gasteiger charge is 1.96. The molecule has 2 rings (SSSR count). The van der Waals surface area contributed by atoms with Gasteiger partial charge in [-0.25, -0.2) is 0 Å². The predicted molar refractivity (Wildman–Crippen MR) is 47.2 cm³/mol. The third-order valence-electron chi connectivity index (χ3n) is 1.50. The van der Waals surface area contributed by atoms with Crippen molar-refractivity contribution in [3.05, 3.63) is 34.9 Å². The number of fused-ring (bicyclic) bond motifs is 1. The molecular weight excluding hydrogens is 204 g/mol. The number of hydrogen-bond acceptors (Lipinski definition) is 2. The van der Waals surface area contributed by atoms with Gasteiger partial charge in [-0.1, -0.05) is 12.1 Å². The summed E-state index contributed by atoms with van der Waals surface area (Å²) in [5.74, 6) is 0. The Morgan fingerprint density at radius 3 is 2.91 bits per heavy atom. The fourth-order valence-corrected chi connectivity index (χ4v) is 1.44. The van der Waals surface area contributed by atoms with E-state index in [4.69, 9.17) is 0 Å². The molecule has 0 amide bonds. The largest absolute Gasteiger partial charge is 0.158 e. The summed E-state index contributed by atoms with van der Waals surface area (Å²) in [6.07, 6.45) is 1.69. The molecule has 0 aliphatic heterocycles. The van der Waals surface area contributed by atoms with Gasteiger partial charge >= 0.3 is 0 Å². The van der Waals surface area contributed by atoms with Crippen LogP contribution in [0.15, 0.2) is 34.9 Å². The fraction of sp³-hybridized carbons (Fsp3) is 0. The maximum Gasteiger partial charge on any atom is 0.107 e. The molecule has 54 valence electrons. The lowest BCUT2D eigenvalue weighted by molar-refractivity contribution is 1.07. The maximum absolute atomic E-state index is 3.98. The van der Waals surface area contributed by atoms with E-state index in [1.165, 1.54) is 0 Å². The standard InChI is InChI=1S/C8H5BrN2/c9-7-3-1-2-6-4-5-10-11-8(6)7/h1-5H. The summed E-state index contributed by atoms with van der Waals surface area (Å²) in [6, 6.07) is 7.88. The van der Waals surface area contributed by atoms with E-state index in [9.17, 15) is 0 Å². The van der Waals surface area contributed by atoms with Crippen LogP contribution in [0.1, 0.15) is 0 Å². The average molecular weight is 209 g/mol. The Balaban J connectivity index is 2.91. The van der Waals surface area contributed by atoms with E-state index >= 15 is 0 Å². The van der Waals surface area contributed by atoms with Crippen molar-refractivity contribution in [2.75, 3.05) is 0 Å². The minimum absolute atomic E-state index is 0.912. The number of aromatic nitrogens is 2. The van der Waals surface area contributed by atoms with Crippen molar-refractivity contribution in [3.8, 4) is 0 Å². The summed E-state index contributed by atoms with van der Waals surface area (Å²) >= 11 is 3.39. The second kappa shape index (κ2) is 2.58. The number of nitrogens with zero attached hydrogens (tertiary/aromatic N) is 2. The van der Waals surface area contributed by atoms with E-state index in [-0.39, 0.29) is 0 Å². The minimum atomic E-state index is 0.912. The van der Waals surface area contributed by atoms with Crippen LogP contribution in [0.2, 0.25) is 0 Å². The van der Waals surface area contributed by atoms with E-state index in [2.05, 4.69) is 26.1 Å². The molecule has 1 aromatic heterocycles. The third-order valence-corrected chi connectivity index (χ3v) is 2.14. The molecule has 2 aromatic rings. The third kappa shape index (κ3) is 1.12. The highest BCUT2D eigenvalue weighted by atomic mass is 79.9. The lowest BCUT2D eigenvalue weighted by Gasteiger charge is -1.95. The molecular formula is C8H5BrN2. The van der Waals surface area contributed by atoms with Gasteiger partial charge in [0.2, 0.25) is 0 Å². The molecule has 0 unspecified atom stereocenters. The Hall–Kier alpha value is -0.960. The molecule has 0 atom stereocenters. The van der Waals surface area contributed by atoms with Crippen molar-refractivity contribution in [2.24, 2.45) is 0 Å². The van der Waals surface area contributed by atoms with Crippen molar-refractivity contribution in [1.29, 1.82) is 0 Å². The first-order valence-electron chi connectivity index (χ1n) is 3.24. The average Bonchev–Trinajstić information content (AvgIpc) is 2.06. The molecule has 0 spiro atoms. The Morgan fingerprint density at radius 1 is 1.18 bits per heavy atom. The Bertz CT molecular complexity index is 381. The van der Waals surface area contributed by atoms with Crippen LogP contribution in [0.3, 0.4) is 0 Å². The summed E-state index contributed by atoms with van der Waals surface area (Å²) in [5.41, 5.74) is 0.912. The van der Waals surface area contributed by atoms with Crippen molar-refractivity contribution in [3.63, 3.8) is 0 Å². The summed E-state index contributed by atoms with van der Waals surface area (Å²) in [4.78, 5) is 0. The first kappa shape index (κ1) is 6.73. The van der Waals surface area contributed by atoms with Crippen LogP contribution in [-0.4, -0.2) is 10.2 Å². The van der Waals surface area contributed by atoms with Crippen LogP contribution < -0.4 is 0 Å². The summed E-state index contributed by atoms with van der Waals surface area (Å²) in [7, 11) is 0. The monoisotopic (exact) mass is 208 g/mol. The molecule has 0 saturated carbocycles. The Kier molecular flexibility index (Phi) is 1.58. The molecule has 0 aliphatic rings. The lowest BCUT2D eigenvalue weighted by Crippen LogP contribution is -1.82. The SMILES string of the molecule is Brc1cccc2ccnnc12. The number of halogens is 1. The molecule has 0 bridgehead atoms. The van der Waals surface area contributed by atoms with Gasteiger partial charge < -0.3 is 0 Å². The van der Waals surface area contributed by atoms with E-state index < -0.39 is 0 Å². The molecule has 0 fully saturated rings. The zero-order valence-electron chi connectivity index (χ0n) is 5.66. The van der Waals surface area contributed by atoms with Gasteiger partial charge in [-0.3, -0.25) is 0 Å². The van der Waals surface area contributed by atoms with Crippen LogP contribution >= 0.6 is 15.9 Å². The Labute approximate surface area is 72.4 Å². The molecule has 1 aromatic carbocycles. The van der Waals surface area contributed by atoms with Gasteiger partial charge in [-0.2, -0.15) is 5.10 Å². The first-order valence-corrected chi connectivity index (χ1v) is 4.03. The lowest BCUT2D eigenvalue weighted by atomic mass is 10.2. The molecule has 3 heteroatoms. The number of hydrogen-bond donors (Lipinski definition) is 0. The number of rotatable bonds is 0. The van der Waals surface area contributed by atoms with Crippen molar-refractivity contribution in [2.45, 2.75) is 0 Å². The maximum atomic E-state index is 3.98. The van der Waals surface area contributed by atoms with Gasteiger partial charge in [0.05, 0.1) is 6.20 Å². The second-order valence-electron chi connectivity index (χ2n) is 2.21. The van der Waals surface area contributed by atoms with Crippen molar-refractivity contribution >= 4 is 26.8 Å². The van der Waals surface area contributed by atoms with Gasteiger partial charge in [0.1, 0.15) is 5.52 Å². The zero-order valence-corrected chi connectivity index (χ0v) is 7.25. The molecule has 2 nitrogen and oxygen atoms in total. The van der Waals surface area contributed by atoms with E-state index in [0.717, 1.165) is 15.4 Å². The normalized spacial score (nSPS) is 10.3. The van der Waals surface area contributed by atoms with Gasteiger partial charge in [-0.15, -0.1) is 5.10 Å². The quantitative estimate of drug-likeness (QED) is 0.665. The van der Waals surface area contributed by atoms with Gasteiger partial charge in [0.15, 0.2) is 0 Å². The summed E-state index contributed by atoms with van der Waals surface area (Å²) in [6.45, 7) is 0. The number of benzene rings is 1. The second-order valence-corrected chi connectivity index (χ2v) is 3.06. The molecule has 0 N–H and O–H groups in total. The van der Waals surface area contributed by atoms with Crippen LogP contribution in [-0.2, 0) is 0 Å². The van der Waals surface area contributed by atoms with E-state index in [1.54, 1.807) is 6.20 Å². The molecule has 0 radical (unpaired) electrons. The topological polar surface area (TPSA) is 25.8 Å². The van der Waals surface area contributed by atoms with Gasteiger partial charge in [-0.05, 0) is 28.1 Å². The fourth-order valence-electron chi connectivity index (χ4n) is 0.977. The van der Waals surface area contributed by atoms with Gasteiger partial charge in [0, 0.05) is 9.86 Å².